The van der Waals surface area contributed by atoms with Crippen LogP contribution in [0.3, 0.4) is 0 Å². The van der Waals surface area contributed by atoms with Crippen LogP contribution in [0.2, 0.25) is 5.02 Å². The normalized spacial score (nSPS) is 14.2. The molecule has 11 heteroatoms. The number of carbonyl (C=O) groups is 2. The average Bonchev–Trinajstić information content (AvgIpc) is 3.43. The van der Waals surface area contributed by atoms with E-state index in [2.05, 4.69) is 50.4 Å². The summed E-state index contributed by atoms with van der Waals surface area (Å²) in [6, 6.07) is 12.7. The van der Waals surface area contributed by atoms with Gasteiger partial charge in [-0.05, 0) is 48.7 Å². The van der Waals surface area contributed by atoms with E-state index in [0.29, 0.717) is 34.4 Å². The number of pyridine rings is 1. The second kappa shape index (κ2) is 10.7. The first-order valence-electron chi connectivity index (χ1n) is 11.9. The molecular weight excluding hydrogens is 492 g/mol. The molecule has 3 amide bonds. The highest BCUT2D eigenvalue weighted by molar-refractivity contribution is 6.30. The fourth-order valence-electron chi connectivity index (χ4n) is 3.88. The Labute approximate surface area is 218 Å². The topological polar surface area (TPSA) is 125 Å². The standard InChI is InChI=1S/C26H25ClN8O2/c1-2-3-6-19-9-8-16(13-28-19)14-29-23-12-22(31-20-7-4-5-18(27)11-20)33-24-17(15-30-35(23)24)10-21-25(36)34-26(37)32-21/h4-5,7-13,15,29H,2-3,6,14H2,1H3,(H,31,33)(H2,32,34,36,37)/b21-10-. The maximum absolute atomic E-state index is 12.0. The molecule has 3 aromatic heterocycles. The van der Waals surface area contributed by atoms with Crippen molar-refractivity contribution in [2.75, 3.05) is 10.6 Å². The molecule has 37 heavy (non-hydrogen) atoms. The largest absolute Gasteiger partial charge is 0.366 e. The van der Waals surface area contributed by atoms with E-state index < -0.39 is 11.9 Å². The molecule has 0 unspecified atom stereocenters. The second-order valence-electron chi connectivity index (χ2n) is 8.58. The number of imide groups is 1. The molecule has 0 spiro atoms. The SMILES string of the molecule is CCCCc1ccc(CNc2cc(Nc3cccc(Cl)c3)nc3c(/C=C4\NC(=O)NC4=O)cnn23)cn1. The molecular formula is C26H25ClN8O2. The summed E-state index contributed by atoms with van der Waals surface area (Å²) in [6.45, 7) is 2.68. The van der Waals surface area contributed by atoms with E-state index >= 15 is 0 Å². The van der Waals surface area contributed by atoms with Crippen molar-refractivity contribution in [2.45, 2.75) is 32.7 Å². The summed E-state index contributed by atoms with van der Waals surface area (Å²) >= 11 is 6.15. The highest BCUT2D eigenvalue weighted by atomic mass is 35.5. The minimum Gasteiger partial charge on any atom is -0.366 e. The highest BCUT2D eigenvalue weighted by Crippen LogP contribution is 2.25. The van der Waals surface area contributed by atoms with Crippen molar-refractivity contribution < 1.29 is 9.59 Å². The van der Waals surface area contributed by atoms with E-state index in [1.165, 1.54) is 0 Å². The number of unbranched alkanes of at least 4 members (excludes halogenated alkanes) is 1. The van der Waals surface area contributed by atoms with E-state index in [4.69, 9.17) is 16.6 Å². The van der Waals surface area contributed by atoms with Gasteiger partial charge in [0.2, 0.25) is 0 Å². The molecule has 0 atom stereocenters. The molecule has 1 aliphatic heterocycles. The van der Waals surface area contributed by atoms with E-state index in [1.807, 2.05) is 24.4 Å². The van der Waals surface area contributed by atoms with Crippen LogP contribution in [0.4, 0.5) is 22.1 Å². The summed E-state index contributed by atoms with van der Waals surface area (Å²) in [5, 5.41) is 16.4. The summed E-state index contributed by atoms with van der Waals surface area (Å²) in [6.07, 6.45) is 8.23. The summed E-state index contributed by atoms with van der Waals surface area (Å²) in [7, 11) is 0. The number of rotatable bonds is 9. The first-order valence-corrected chi connectivity index (χ1v) is 12.3. The Morgan fingerprint density at radius 2 is 2.00 bits per heavy atom. The Balaban J connectivity index is 1.46. The average molecular weight is 517 g/mol. The molecule has 188 valence electrons. The third-order valence-electron chi connectivity index (χ3n) is 5.76. The fraction of sp³-hybridized carbons (Fsp3) is 0.192. The molecule has 0 aliphatic carbocycles. The molecule has 0 bridgehead atoms. The lowest BCUT2D eigenvalue weighted by molar-refractivity contribution is -0.115. The predicted molar refractivity (Wildman–Crippen MR) is 143 cm³/mol. The van der Waals surface area contributed by atoms with Crippen molar-refractivity contribution in [1.82, 2.24) is 30.2 Å². The van der Waals surface area contributed by atoms with Crippen molar-refractivity contribution in [3.8, 4) is 0 Å². The van der Waals surface area contributed by atoms with Gasteiger partial charge in [-0.25, -0.2) is 9.78 Å². The van der Waals surface area contributed by atoms with Crippen LogP contribution in [0.1, 0.15) is 36.6 Å². The number of urea groups is 1. The summed E-state index contributed by atoms with van der Waals surface area (Å²) < 4.78 is 1.65. The van der Waals surface area contributed by atoms with Crippen LogP contribution in [0.5, 0.6) is 0 Å². The lowest BCUT2D eigenvalue weighted by atomic mass is 10.1. The van der Waals surface area contributed by atoms with Gasteiger partial charge in [0.05, 0.1) is 6.20 Å². The van der Waals surface area contributed by atoms with Gasteiger partial charge in [0, 0.05) is 40.8 Å². The molecule has 1 aliphatic rings. The third-order valence-corrected chi connectivity index (χ3v) is 6.00. The van der Waals surface area contributed by atoms with Crippen molar-refractivity contribution in [2.24, 2.45) is 0 Å². The maximum atomic E-state index is 12.0. The van der Waals surface area contributed by atoms with Gasteiger partial charge in [-0.3, -0.25) is 15.1 Å². The predicted octanol–water partition coefficient (Wildman–Crippen LogP) is 4.66. The van der Waals surface area contributed by atoms with Crippen LogP contribution >= 0.6 is 11.6 Å². The molecule has 0 radical (unpaired) electrons. The maximum Gasteiger partial charge on any atom is 0.326 e. The summed E-state index contributed by atoms with van der Waals surface area (Å²) in [5.41, 5.74) is 4.05. The first-order chi connectivity index (χ1) is 18.0. The fourth-order valence-corrected chi connectivity index (χ4v) is 4.07. The zero-order valence-electron chi connectivity index (χ0n) is 20.1. The second-order valence-corrected chi connectivity index (χ2v) is 9.01. The Morgan fingerprint density at radius 1 is 1.11 bits per heavy atom. The van der Waals surface area contributed by atoms with Gasteiger partial charge < -0.3 is 16.0 Å². The molecule has 1 fully saturated rings. The molecule has 4 aromatic rings. The Bertz CT molecular complexity index is 1500. The number of fused-ring (bicyclic) bond motifs is 1. The number of benzene rings is 1. The zero-order valence-corrected chi connectivity index (χ0v) is 20.8. The van der Waals surface area contributed by atoms with Gasteiger partial charge in [0.1, 0.15) is 17.3 Å². The van der Waals surface area contributed by atoms with Gasteiger partial charge in [-0.1, -0.05) is 37.1 Å². The van der Waals surface area contributed by atoms with Gasteiger partial charge in [0.15, 0.2) is 5.65 Å². The number of halogens is 1. The van der Waals surface area contributed by atoms with Gasteiger partial charge >= 0.3 is 6.03 Å². The van der Waals surface area contributed by atoms with Crippen molar-refractivity contribution in [3.63, 3.8) is 0 Å². The highest BCUT2D eigenvalue weighted by Gasteiger charge is 2.23. The number of nitrogens with one attached hydrogen (secondary N) is 4. The number of hydrogen-bond acceptors (Lipinski definition) is 7. The van der Waals surface area contributed by atoms with Crippen molar-refractivity contribution >= 4 is 52.6 Å². The molecule has 1 aromatic carbocycles. The molecule has 0 saturated carbocycles. The van der Waals surface area contributed by atoms with Gasteiger partial charge in [-0.2, -0.15) is 9.61 Å². The van der Waals surface area contributed by atoms with Crippen molar-refractivity contribution in [3.05, 3.63) is 82.4 Å². The number of carbonyl (C=O) groups excluding carboxylic acids is 2. The Hall–Kier alpha value is -4.44. The van der Waals surface area contributed by atoms with E-state index in [1.54, 1.807) is 28.9 Å². The summed E-state index contributed by atoms with van der Waals surface area (Å²) in [4.78, 5) is 32.8. The summed E-state index contributed by atoms with van der Waals surface area (Å²) in [5.74, 6) is 0.713. The van der Waals surface area contributed by atoms with Crippen LogP contribution in [-0.2, 0) is 17.8 Å². The third kappa shape index (κ3) is 5.70. The van der Waals surface area contributed by atoms with Gasteiger partial charge in [-0.15, -0.1) is 0 Å². The number of nitrogens with zero attached hydrogens (tertiary/aromatic N) is 4. The molecule has 4 heterocycles. The van der Waals surface area contributed by atoms with Gasteiger partial charge in [0.25, 0.3) is 5.91 Å². The number of aryl methyl sites for hydroxylation is 1. The van der Waals surface area contributed by atoms with Crippen molar-refractivity contribution in [1.29, 1.82) is 0 Å². The number of hydrogen-bond donors (Lipinski definition) is 4. The minimum atomic E-state index is -0.569. The lowest BCUT2D eigenvalue weighted by Crippen LogP contribution is -2.22. The quantitative estimate of drug-likeness (QED) is 0.188. The van der Waals surface area contributed by atoms with E-state index in [0.717, 1.165) is 36.2 Å². The molecule has 10 nitrogen and oxygen atoms in total. The molecule has 1 saturated heterocycles. The Kier molecular flexibility index (Phi) is 7.00. The number of aromatic nitrogens is 4. The molecule has 5 rings (SSSR count). The van der Waals surface area contributed by atoms with E-state index in [-0.39, 0.29) is 5.70 Å². The smallest absolute Gasteiger partial charge is 0.326 e. The van der Waals surface area contributed by atoms with E-state index in [9.17, 15) is 9.59 Å². The van der Waals surface area contributed by atoms with Crippen LogP contribution in [0.25, 0.3) is 11.7 Å². The van der Waals surface area contributed by atoms with Crippen LogP contribution < -0.4 is 21.3 Å². The molecule has 4 N–H and O–H groups in total. The minimum absolute atomic E-state index is 0.124. The number of amides is 3. The van der Waals surface area contributed by atoms with Crippen LogP contribution in [-0.4, -0.2) is 31.5 Å². The first kappa shape index (κ1) is 24.3. The Morgan fingerprint density at radius 3 is 2.73 bits per heavy atom. The van der Waals surface area contributed by atoms with Crippen LogP contribution in [0, 0.1) is 0 Å². The zero-order chi connectivity index (χ0) is 25.8. The monoisotopic (exact) mass is 516 g/mol. The van der Waals surface area contributed by atoms with Crippen LogP contribution in [0.15, 0.2) is 60.6 Å². The lowest BCUT2D eigenvalue weighted by Gasteiger charge is -2.12. The number of anilines is 3.